The number of anilines is 1. The zero-order chi connectivity index (χ0) is 21.3. The van der Waals surface area contributed by atoms with Gasteiger partial charge in [0.05, 0.1) is 0 Å². The van der Waals surface area contributed by atoms with Crippen molar-refractivity contribution in [3.63, 3.8) is 0 Å². The second-order valence-electron chi connectivity index (χ2n) is 9.57. The normalized spacial score (nSPS) is 21.3. The van der Waals surface area contributed by atoms with Crippen molar-refractivity contribution >= 4 is 11.7 Å². The molecule has 2 heterocycles. The van der Waals surface area contributed by atoms with E-state index in [-0.39, 0.29) is 23.3 Å². The Morgan fingerprint density at radius 1 is 1.03 bits per heavy atom. The van der Waals surface area contributed by atoms with E-state index in [1.54, 1.807) is 12.1 Å². The molecule has 31 heavy (non-hydrogen) atoms. The lowest BCUT2D eigenvalue weighted by molar-refractivity contribution is 0.159. The maximum atomic E-state index is 14.2. The molecule has 5 rings (SSSR count). The quantitative estimate of drug-likeness (QED) is 0.737. The largest absolute Gasteiger partial charge is 0.335 e. The summed E-state index contributed by atoms with van der Waals surface area (Å²) in [5, 5.41) is 3.26. The van der Waals surface area contributed by atoms with E-state index in [9.17, 15) is 9.18 Å². The van der Waals surface area contributed by atoms with E-state index in [1.807, 2.05) is 11.0 Å². The third kappa shape index (κ3) is 4.20. The van der Waals surface area contributed by atoms with Crippen LogP contribution in [0, 0.1) is 5.82 Å². The number of fused-ring (bicyclic) bond motifs is 2. The van der Waals surface area contributed by atoms with Crippen LogP contribution in [0.15, 0.2) is 48.5 Å². The summed E-state index contributed by atoms with van der Waals surface area (Å²) >= 11 is 0. The Balaban J connectivity index is 1.32. The van der Waals surface area contributed by atoms with Crippen molar-refractivity contribution < 1.29 is 9.18 Å². The van der Waals surface area contributed by atoms with Gasteiger partial charge in [-0.1, -0.05) is 49.6 Å². The zero-order valence-corrected chi connectivity index (χ0v) is 18.2. The number of carbonyl (C=O) groups is 1. The van der Waals surface area contributed by atoms with Gasteiger partial charge in [-0.3, -0.25) is 9.80 Å². The van der Waals surface area contributed by atoms with Gasteiger partial charge in [-0.25, -0.2) is 9.18 Å². The van der Waals surface area contributed by atoms with Gasteiger partial charge < -0.3 is 5.32 Å². The SMILES string of the molecule is O=C(NC1CCCCC1)N1CC2(CCN(Cc3ccccc3)CC2)c2cc(F)ccc21. The van der Waals surface area contributed by atoms with E-state index < -0.39 is 0 Å². The van der Waals surface area contributed by atoms with Gasteiger partial charge in [0.2, 0.25) is 0 Å². The van der Waals surface area contributed by atoms with Crippen LogP contribution in [0.25, 0.3) is 0 Å². The molecule has 2 aliphatic heterocycles. The van der Waals surface area contributed by atoms with E-state index in [1.165, 1.54) is 30.9 Å². The van der Waals surface area contributed by atoms with Gasteiger partial charge in [0.1, 0.15) is 5.82 Å². The summed E-state index contributed by atoms with van der Waals surface area (Å²) in [5.41, 5.74) is 3.09. The molecule has 164 valence electrons. The summed E-state index contributed by atoms with van der Waals surface area (Å²) in [7, 11) is 0. The maximum absolute atomic E-state index is 14.2. The number of amides is 2. The monoisotopic (exact) mass is 421 g/mol. The summed E-state index contributed by atoms with van der Waals surface area (Å²) in [6.45, 7) is 3.52. The van der Waals surface area contributed by atoms with Gasteiger partial charge in [0, 0.05) is 30.2 Å². The number of nitrogens with zero attached hydrogens (tertiary/aromatic N) is 2. The van der Waals surface area contributed by atoms with Crippen molar-refractivity contribution in [3.8, 4) is 0 Å². The summed E-state index contributed by atoms with van der Waals surface area (Å²) < 4.78 is 14.2. The first-order valence-corrected chi connectivity index (χ1v) is 11.8. The van der Waals surface area contributed by atoms with Gasteiger partial charge >= 0.3 is 6.03 Å². The van der Waals surface area contributed by atoms with E-state index in [4.69, 9.17) is 0 Å². The first-order valence-electron chi connectivity index (χ1n) is 11.8. The van der Waals surface area contributed by atoms with Gasteiger partial charge in [0.25, 0.3) is 0 Å². The number of rotatable bonds is 3. The minimum Gasteiger partial charge on any atom is -0.335 e. The number of urea groups is 1. The molecule has 4 nitrogen and oxygen atoms in total. The lowest BCUT2D eigenvalue weighted by atomic mass is 9.74. The van der Waals surface area contributed by atoms with Crippen molar-refractivity contribution in [2.24, 2.45) is 0 Å². The highest BCUT2D eigenvalue weighted by Gasteiger charge is 2.46. The average Bonchev–Trinajstić information content (AvgIpc) is 3.10. The van der Waals surface area contributed by atoms with Crippen molar-refractivity contribution in [3.05, 3.63) is 65.5 Å². The summed E-state index contributed by atoms with van der Waals surface area (Å²) in [4.78, 5) is 17.6. The molecule has 1 spiro atoms. The van der Waals surface area contributed by atoms with Crippen molar-refractivity contribution in [1.29, 1.82) is 0 Å². The highest BCUT2D eigenvalue weighted by Crippen LogP contribution is 2.47. The van der Waals surface area contributed by atoms with Crippen LogP contribution in [0.2, 0.25) is 0 Å². The van der Waals surface area contributed by atoms with Crippen LogP contribution in [0.3, 0.4) is 0 Å². The number of piperidine rings is 1. The Morgan fingerprint density at radius 3 is 2.52 bits per heavy atom. The van der Waals surface area contributed by atoms with E-state index in [0.717, 1.165) is 56.6 Å². The predicted octanol–water partition coefficient (Wildman–Crippen LogP) is 5.22. The van der Waals surface area contributed by atoms with Crippen LogP contribution in [-0.2, 0) is 12.0 Å². The highest BCUT2D eigenvalue weighted by atomic mass is 19.1. The summed E-state index contributed by atoms with van der Waals surface area (Å²) in [6, 6.07) is 15.8. The molecule has 3 aliphatic rings. The van der Waals surface area contributed by atoms with Gasteiger partial charge in [-0.2, -0.15) is 0 Å². The minimum atomic E-state index is -0.209. The highest BCUT2D eigenvalue weighted by molar-refractivity contribution is 5.95. The maximum Gasteiger partial charge on any atom is 0.322 e. The summed E-state index contributed by atoms with van der Waals surface area (Å²) in [6.07, 6.45) is 7.67. The number of likely N-dealkylation sites (tertiary alicyclic amines) is 1. The first-order chi connectivity index (χ1) is 15.1. The molecule has 0 bridgehead atoms. The minimum absolute atomic E-state index is 0.0108. The number of benzene rings is 2. The van der Waals surface area contributed by atoms with E-state index in [2.05, 4.69) is 34.5 Å². The predicted molar refractivity (Wildman–Crippen MR) is 122 cm³/mol. The molecule has 2 aromatic carbocycles. The zero-order valence-electron chi connectivity index (χ0n) is 18.2. The second kappa shape index (κ2) is 8.62. The number of halogens is 1. The fourth-order valence-electron chi connectivity index (χ4n) is 5.73. The van der Waals surface area contributed by atoms with Crippen LogP contribution in [0.1, 0.15) is 56.1 Å². The van der Waals surface area contributed by atoms with Crippen molar-refractivity contribution in [1.82, 2.24) is 10.2 Å². The molecule has 0 atom stereocenters. The number of nitrogens with one attached hydrogen (secondary N) is 1. The van der Waals surface area contributed by atoms with Gasteiger partial charge in [-0.15, -0.1) is 0 Å². The van der Waals surface area contributed by atoms with Crippen LogP contribution in [0.4, 0.5) is 14.9 Å². The fourth-order valence-corrected chi connectivity index (χ4v) is 5.73. The first kappa shape index (κ1) is 20.5. The molecular weight excluding hydrogens is 389 g/mol. The molecule has 1 saturated carbocycles. The van der Waals surface area contributed by atoms with Crippen molar-refractivity contribution in [2.45, 2.75) is 62.9 Å². The molecule has 0 aromatic heterocycles. The number of carbonyl (C=O) groups excluding carboxylic acids is 1. The molecule has 2 aromatic rings. The molecule has 1 saturated heterocycles. The molecule has 1 aliphatic carbocycles. The lowest BCUT2D eigenvalue weighted by Crippen LogP contribution is -2.49. The van der Waals surface area contributed by atoms with Crippen LogP contribution >= 0.6 is 0 Å². The summed E-state index contributed by atoms with van der Waals surface area (Å²) in [5.74, 6) is -0.209. The van der Waals surface area contributed by atoms with Crippen LogP contribution < -0.4 is 10.2 Å². The van der Waals surface area contributed by atoms with Gasteiger partial charge in [-0.05, 0) is 68.1 Å². The number of hydrogen-bond acceptors (Lipinski definition) is 2. The third-order valence-corrected chi connectivity index (χ3v) is 7.52. The molecule has 5 heteroatoms. The number of hydrogen-bond donors (Lipinski definition) is 1. The Morgan fingerprint density at radius 2 is 1.77 bits per heavy atom. The molecule has 2 fully saturated rings. The van der Waals surface area contributed by atoms with E-state index in [0.29, 0.717) is 6.54 Å². The smallest absolute Gasteiger partial charge is 0.322 e. The van der Waals surface area contributed by atoms with Crippen LogP contribution in [-0.4, -0.2) is 36.6 Å². The Hall–Kier alpha value is -2.40. The Kier molecular flexibility index (Phi) is 5.70. The Labute approximate surface area is 184 Å². The molecule has 0 radical (unpaired) electrons. The second-order valence-corrected chi connectivity index (χ2v) is 9.57. The van der Waals surface area contributed by atoms with Gasteiger partial charge in [0.15, 0.2) is 0 Å². The molecule has 0 unspecified atom stereocenters. The standard InChI is InChI=1S/C26H32FN3O/c27-21-11-12-24-23(17-21)26(19-30(24)25(31)28-22-9-5-2-6-10-22)13-15-29(16-14-26)18-20-7-3-1-4-8-20/h1,3-4,7-8,11-12,17,22H,2,5-6,9-10,13-16,18-19H2,(H,28,31). The van der Waals surface area contributed by atoms with Crippen LogP contribution in [0.5, 0.6) is 0 Å². The lowest BCUT2D eigenvalue weighted by Gasteiger charge is -2.40. The van der Waals surface area contributed by atoms with Crippen molar-refractivity contribution in [2.75, 3.05) is 24.5 Å². The molecule has 1 N–H and O–H groups in total. The molecule has 2 amide bonds. The van der Waals surface area contributed by atoms with E-state index >= 15 is 0 Å². The molecular formula is C26H32FN3O. The topological polar surface area (TPSA) is 35.6 Å². The third-order valence-electron chi connectivity index (χ3n) is 7.52. The fraction of sp³-hybridized carbons (Fsp3) is 0.500. The Bertz CT molecular complexity index is 918. The average molecular weight is 422 g/mol.